The van der Waals surface area contributed by atoms with Crippen LogP contribution < -0.4 is 16.4 Å². The lowest BCUT2D eigenvalue weighted by Crippen LogP contribution is -2.46. The van der Waals surface area contributed by atoms with E-state index in [9.17, 15) is 57.9 Å². The lowest BCUT2D eigenvalue weighted by Gasteiger charge is -2.30. The van der Waals surface area contributed by atoms with E-state index in [1.165, 1.54) is 45.6 Å². The van der Waals surface area contributed by atoms with E-state index >= 15 is 0 Å². The molecule has 0 bridgehead atoms. The van der Waals surface area contributed by atoms with Gasteiger partial charge in [0.2, 0.25) is 16.9 Å². The number of nitrogen functional groups attached to an aromatic ring is 1. The van der Waals surface area contributed by atoms with Crippen molar-refractivity contribution in [3.8, 4) is 0 Å². The summed E-state index contributed by atoms with van der Waals surface area (Å²) in [7, 11) is -16.4. The van der Waals surface area contributed by atoms with Crippen LogP contribution in [0.25, 0.3) is 11.2 Å². The van der Waals surface area contributed by atoms with E-state index in [2.05, 4.69) is 47.4 Å². The molecule has 2 unspecified atom stereocenters. The van der Waals surface area contributed by atoms with Crippen LogP contribution in [-0.4, -0.2) is 123 Å². The quantitative estimate of drug-likeness (QED) is 0.0256. The first-order chi connectivity index (χ1) is 29.6. The summed E-state index contributed by atoms with van der Waals surface area (Å²) >= 11 is 1.03. The molecule has 63 heavy (non-hydrogen) atoms. The van der Waals surface area contributed by atoms with Gasteiger partial charge in [0, 0.05) is 30.7 Å². The number of thioether (sulfide) groups is 1. The van der Waals surface area contributed by atoms with E-state index in [-0.39, 0.29) is 41.6 Å². The second-order valence-corrected chi connectivity index (χ2v) is 19.9. The molecule has 0 spiro atoms. The highest BCUT2D eigenvalue weighted by Crippen LogP contribution is 2.61. The molecule has 0 radical (unpaired) electrons. The van der Waals surface area contributed by atoms with Crippen molar-refractivity contribution in [2.45, 2.75) is 96.4 Å². The Morgan fingerprint density at radius 3 is 2.43 bits per heavy atom. The predicted octanol–water partition coefficient (Wildman–Crippen LogP) is 2.69. The molecule has 3 heterocycles. The average molecular weight is 972 g/mol. The number of unbranched alkanes of at least 4 members (excludes halogenated alkanes) is 4. The zero-order valence-electron chi connectivity index (χ0n) is 34.8. The van der Waals surface area contributed by atoms with Crippen LogP contribution in [-0.2, 0) is 50.7 Å². The summed E-state index contributed by atoms with van der Waals surface area (Å²) in [5, 5.41) is 26.3. The van der Waals surface area contributed by atoms with Gasteiger partial charge in [-0.25, -0.2) is 28.6 Å². The van der Waals surface area contributed by atoms with E-state index in [1.54, 1.807) is 6.08 Å². The van der Waals surface area contributed by atoms with Gasteiger partial charge in [-0.1, -0.05) is 82.2 Å². The maximum Gasteiger partial charge on any atom is 0.481 e. The normalized spacial score (nSPS) is 21.0. The molecule has 2 aromatic heterocycles. The van der Waals surface area contributed by atoms with Crippen LogP contribution >= 0.6 is 35.2 Å². The van der Waals surface area contributed by atoms with E-state index < -0.39 is 84.6 Å². The molecule has 2 aromatic rings. The van der Waals surface area contributed by atoms with Gasteiger partial charge in [-0.2, -0.15) is 4.31 Å². The number of amides is 2. The van der Waals surface area contributed by atoms with E-state index in [1.807, 2.05) is 18.2 Å². The number of allylic oxidation sites excluding steroid dienone is 5. The average Bonchev–Trinajstić information content (AvgIpc) is 3.76. The Bertz CT molecular complexity index is 2070. The number of rotatable bonds is 28. The SMILES string of the molecule is CCCCCC/C=C/C=C\C/C=C/C(=O)SCCNC(=O)CCNC(=O)[C@H](O)C(C)(C)COP(=O)(O)OP(=O)(O)OC[C@H]1O[C@@H](n2cnc3c(N)ncnc32)[C@H](O)[C@@H]1OP(=O)(O)O. The maximum atomic E-state index is 12.7. The largest absolute Gasteiger partial charge is 0.481 e. The van der Waals surface area contributed by atoms with Gasteiger partial charge in [0.1, 0.15) is 36.3 Å². The first kappa shape index (κ1) is 54.1. The number of carbonyl (C=O) groups is 3. The van der Waals surface area contributed by atoms with Gasteiger partial charge in [0.15, 0.2) is 17.7 Å². The summed E-state index contributed by atoms with van der Waals surface area (Å²) in [6.07, 6.45) is 10.8. The standard InChI is InChI=1S/C35H56N7O17P3S/c1-4-5-6-7-8-9-10-11-12-13-14-15-26(44)63-19-18-37-25(43)16-17-38-33(47)30(46)35(2,3)21-56-62(53,54)59-61(51,52)55-20-24-29(58-60(48,49)50)28(45)34(57-24)42-23-41-27-31(36)39-22-40-32(27)42/h9-12,14-15,22-24,28-30,34,45-46H,4-8,13,16-21H2,1-3H3,(H,37,43)(H,38,47)(H,51,52)(H,53,54)(H2,36,39,40)(H2,48,49,50)/b10-9+,12-11-,15-14+/t24-,28-,29-,30+,34-/m1/s1. The fourth-order valence-corrected chi connectivity index (χ4v) is 9.02. The molecule has 1 aliphatic heterocycles. The maximum absolute atomic E-state index is 12.7. The Labute approximate surface area is 367 Å². The third-order valence-corrected chi connectivity index (χ3v) is 12.8. The second kappa shape index (κ2) is 25.5. The van der Waals surface area contributed by atoms with E-state index in [4.69, 9.17) is 19.5 Å². The van der Waals surface area contributed by atoms with Crippen LogP contribution in [0.15, 0.2) is 49.1 Å². The Balaban J connectivity index is 1.39. The van der Waals surface area contributed by atoms with Crippen molar-refractivity contribution in [3.63, 3.8) is 0 Å². The van der Waals surface area contributed by atoms with Crippen molar-refractivity contribution in [1.29, 1.82) is 0 Å². The molecule has 2 amide bonds. The second-order valence-electron chi connectivity index (χ2n) is 14.6. The number of phosphoric ester groups is 3. The zero-order chi connectivity index (χ0) is 46.8. The van der Waals surface area contributed by atoms with E-state index in [0.29, 0.717) is 12.2 Å². The summed E-state index contributed by atoms with van der Waals surface area (Å²) in [5.74, 6) is -1.15. The predicted molar refractivity (Wildman–Crippen MR) is 228 cm³/mol. The molecule has 3 rings (SSSR count). The van der Waals surface area contributed by atoms with Crippen LogP contribution in [0.5, 0.6) is 0 Å². The number of fused-ring (bicyclic) bond motifs is 1. The number of aliphatic hydroxyl groups excluding tert-OH is 2. The Hall–Kier alpha value is -3.22. The van der Waals surface area contributed by atoms with Crippen LogP contribution in [0.1, 0.15) is 71.9 Å². The smallest absolute Gasteiger partial charge is 0.386 e. The number of imidazole rings is 1. The summed E-state index contributed by atoms with van der Waals surface area (Å²) in [5.41, 5.74) is 4.26. The third-order valence-electron chi connectivity index (χ3n) is 8.88. The lowest BCUT2D eigenvalue weighted by molar-refractivity contribution is -0.137. The number of anilines is 1. The van der Waals surface area contributed by atoms with Gasteiger partial charge in [0.25, 0.3) is 0 Å². The van der Waals surface area contributed by atoms with Gasteiger partial charge in [-0.15, -0.1) is 0 Å². The van der Waals surface area contributed by atoms with Crippen LogP contribution in [0.3, 0.4) is 0 Å². The molecule has 24 nitrogen and oxygen atoms in total. The fraction of sp³-hybridized carbons (Fsp3) is 0.600. The number of phosphoric acid groups is 3. The topological polar surface area (TPSA) is 364 Å². The Morgan fingerprint density at radius 1 is 1.00 bits per heavy atom. The minimum atomic E-state index is -5.58. The van der Waals surface area contributed by atoms with Crippen LogP contribution in [0, 0.1) is 5.41 Å². The summed E-state index contributed by atoms with van der Waals surface area (Å²) in [6.45, 7) is 2.64. The van der Waals surface area contributed by atoms with Gasteiger partial charge in [-0.05, 0) is 25.3 Å². The lowest BCUT2D eigenvalue weighted by atomic mass is 9.87. The highest BCUT2D eigenvalue weighted by Gasteiger charge is 2.50. The number of carbonyl (C=O) groups excluding carboxylic acids is 3. The van der Waals surface area contributed by atoms with Crippen LogP contribution in [0.4, 0.5) is 5.82 Å². The number of aliphatic hydroxyl groups is 2. The zero-order valence-corrected chi connectivity index (χ0v) is 38.3. The van der Waals surface area contributed by atoms with Crippen molar-refractivity contribution in [2.75, 3.05) is 37.8 Å². The van der Waals surface area contributed by atoms with Gasteiger partial charge < -0.3 is 50.9 Å². The van der Waals surface area contributed by atoms with E-state index in [0.717, 1.165) is 35.4 Å². The first-order valence-electron chi connectivity index (χ1n) is 19.6. The molecule has 0 aliphatic carbocycles. The molecule has 1 fully saturated rings. The molecule has 0 saturated carbocycles. The molecule has 354 valence electrons. The van der Waals surface area contributed by atoms with Crippen molar-refractivity contribution in [2.24, 2.45) is 5.41 Å². The molecular formula is C35H56N7O17P3S. The fourth-order valence-electron chi connectivity index (χ4n) is 5.59. The van der Waals surface area contributed by atoms with Crippen molar-refractivity contribution < 1.29 is 80.5 Å². The molecular weight excluding hydrogens is 915 g/mol. The third kappa shape index (κ3) is 19.0. The van der Waals surface area contributed by atoms with Gasteiger partial charge in [0.05, 0.1) is 19.5 Å². The number of hydrogen-bond acceptors (Lipinski definition) is 18. The molecule has 28 heteroatoms. The summed E-state index contributed by atoms with van der Waals surface area (Å²) in [4.78, 5) is 88.0. The molecule has 1 saturated heterocycles. The van der Waals surface area contributed by atoms with Gasteiger partial charge >= 0.3 is 23.5 Å². The molecule has 1 aliphatic rings. The first-order valence-corrected chi connectivity index (χ1v) is 25.1. The van der Waals surface area contributed by atoms with Crippen molar-refractivity contribution >= 4 is 69.1 Å². The monoisotopic (exact) mass is 971 g/mol. The molecule has 7 atom stereocenters. The summed E-state index contributed by atoms with van der Waals surface area (Å²) in [6, 6.07) is 0. The molecule has 10 N–H and O–H groups in total. The highest BCUT2D eigenvalue weighted by atomic mass is 32.2. The number of nitrogens with zero attached hydrogens (tertiary/aromatic N) is 4. The minimum Gasteiger partial charge on any atom is -0.386 e. The summed E-state index contributed by atoms with van der Waals surface area (Å²) < 4.78 is 62.3. The number of hydrogen-bond donors (Lipinski definition) is 9. The number of nitrogens with two attached hydrogens (primary N) is 1. The Morgan fingerprint density at radius 2 is 1.71 bits per heavy atom. The highest BCUT2D eigenvalue weighted by molar-refractivity contribution is 8.14. The van der Waals surface area contributed by atoms with Crippen molar-refractivity contribution in [1.82, 2.24) is 30.2 Å². The Kier molecular flexibility index (Phi) is 21.9. The van der Waals surface area contributed by atoms with Crippen molar-refractivity contribution in [3.05, 3.63) is 49.1 Å². The number of nitrogens with one attached hydrogen (secondary N) is 2. The van der Waals surface area contributed by atoms with Crippen LogP contribution in [0.2, 0.25) is 0 Å². The number of ether oxygens (including phenoxy) is 1. The van der Waals surface area contributed by atoms with Gasteiger partial charge in [-0.3, -0.25) is 32.5 Å². The minimum absolute atomic E-state index is 0.0297. The number of aromatic nitrogens is 4. The molecule has 0 aromatic carbocycles.